The summed E-state index contributed by atoms with van der Waals surface area (Å²) < 4.78 is 11.1. The van der Waals surface area contributed by atoms with Crippen molar-refractivity contribution in [1.29, 1.82) is 0 Å². The van der Waals surface area contributed by atoms with Gasteiger partial charge in [0.15, 0.2) is 11.7 Å². The first-order valence-electron chi connectivity index (χ1n) is 7.10. The molecule has 0 radical (unpaired) electrons. The number of carbonyl (C=O) groups is 2. The first-order valence-corrected chi connectivity index (χ1v) is 7.10. The van der Waals surface area contributed by atoms with Crippen LogP contribution in [0.25, 0.3) is 0 Å². The van der Waals surface area contributed by atoms with Gasteiger partial charge in [-0.05, 0) is 45.6 Å². The lowest BCUT2D eigenvalue weighted by atomic mass is 9.70. The van der Waals surface area contributed by atoms with Crippen LogP contribution in [0.2, 0.25) is 0 Å². The fourth-order valence-electron chi connectivity index (χ4n) is 4.02. The minimum absolute atomic E-state index is 0.228. The summed E-state index contributed by atoms with van der Waals surface area (Å²) in [5.74, 6) is -0.858. The summed E-state index contributed by atoms with van der Waals surface area (Å²) in [4.78, 5) is 23.6. The molecule has 0 amide bonds. The largest absolute Gasteiger partial charge is 0.455 e. The number of hydrogen-bond donors (Lipinski definition) is 1. The minimum atomic E-state index is -0.974. The van der Waals surface area contributed by atoms with E-state index in [0.717, 1.165) is 5.57 Å². The van der Waals surface area contributed by atoms with Gasteiger partial charge in [-0.25, -0.2) is 4.79 Å². The number of hydrogen-bond acceptors (Lipinski definition) is 5. The smallest absolute Gasteiger partial charge is 0.334 e. The lowest BCUT2D eigenvalue weighted by Gasteiger charge is -2.47. The van der Waals surface area contributed by atoms with Crippen LogP contribution in [0.3, 0.4) is 0 Å². The highest BCUT2D eigenvalue weighted by Gasteiger charge is 2.60. The second kappa shape index (κ2) is 4.07. The second-order valence-electron chi connectivity index (χ2n) is 6.54. The van der Waals surface area contributed by atoms with E-state index in [1.54, 1.807) is 20.8 Å². The summed E-state index contributed by atoms with van der Waals surface area (Å²) in [6.07, 6.45) is 1.44. The van der Waals surface area contributed by atoms with Gasteiger partial charge in [0.05, 0.1) is 5.60 Å². The Morgan fingerprint density at radius 2 is 1.95 bits per heavy atom. The molecule has 0 bridgehead atoms. The molecule has 0 aromatic rings. The predicted octanol–water partition coefficient (Wildman–Crippen LogP) is 1.49. The van der Waals surface area contributed by atoms with Crippen molar-refractivity contribution < 1.29 is 24.2 Å². The molecule has 1 saturated heterocycles. The number of esters is 2. The van der Waals surface area contributed by atoms with Crippen LogP contribution < -0.4 is 0 Å². The summed E-state index contributed by atoms with van der Waals surface area (Å²) in [5, 5.41) is 10.8. The Hall–Kier alpha value is -1.36. The highest BCUT2D eigenvalue weighted by Crippen LogP contribution is 2.51. The van der Waals surface area contributed by atoms with E-state index < -0.39 is 17.3 Å². The third-order valence-corrected chi connectivity index (χ3v) is 5.16. The highest BCUT2D eigenvalue weighted by atomic mass is 16.6. The lowest BCUT2D eigenvalue weighted by Crippen LogP contribution is -2.58. The Labute approximate surface area is 117 Å². The number of aliphatic hydroxyl groups is 1. The zero-order valence-electron chi connectivity index (χ0n) is 12.1. The molecule has 2 heterocycles. The Morgan fingerprint density at radius 3 is 2.65 bits per heavy atom. The van der Waals surface area contributed by atoms with Crippen molar-refractivity contribution in [3.63, 3.8) is 0 Å². The average Bonchev–Trinajstić information content (AvgIpc) is 2.59. The molecular weight excluding hydrogens is 260 g/mol. The van der Waals surface area contributed by atoms with E-state index in [-0.39, 0.29) is 17.9 Å². The van der Waals surface area contributed by atoms with Crippen molar-refractivity contribution in [3.8, 4) is 0 Å². The quantitative estimate of drug-likeness (QED) is 0.680. The van der Waals surface area contributed by atoms with Crippen LogP contribution in [0, 0.1) is 5.92 Å². The zero-order chi connectivity index (χ0) is 14.7. The van der Waals surface area contributed by atoms with Gasteiger partial charge in [0.1, 0.15) is 0 Å². The van der Waals surface area contributed by atoms with Gasteiger partial charge in [-0.3, -0.25) is 4.79 Å². The number of carbonyl (C=O) groups excluding carboxylic acids is 2. The maximum atomic E-state index is 11.8. The van der Waals surface area contributed by atoms with Gasteiger partial charge in [-0.2, -0.15) is 0 Å². The van der Waals surface area contributed by atoms with Gasteiger partial charge in [-0.1, -0.05) is 0 Å². The van der Waals surface area contributed by atoms with Crippen LogP contribution in [0.5, 0.6) is 0 Å². The molecule has 1 aliphatic carbocycles. The maximum absolute atomic E-state index is 11.8. The fraction of sp³-hybridized carbons (Fsp3) is 0.733. The third-order valence-electron chi connectivity index (χ3n) is 5.16. The molecule has 20 heavy (non-hydrogen) atoms. The summed E-state index contributed by atoms with van der Waals surface area (Å²) >= 11 is 0. The van der Waals surface area contributed by atoms with Gasteiger partial charge in [0.2, 0.25) is 0 Å². The number of rotatable bonds is 0. The van der Waals surface area contributed by atoms with Crippen molar-refractivity contribution in [3.05, 3.63) is 11.1 Å². The molecule has 0 spiro atoms. The van der Waals surface area contributed by atoms with E-state index in [1.165, 1.54) is 0 Å². The molecule has 1 saturated carbocycles. The normalized spacial score (nSPS) is 44.4. The first-order chi connectivity index (χ1) is 9.25. The molecule has 3 aliphatic rings. The van der Waals surface area contributed by atoms with Crippen molar-refractivity contribution in [1.82, 2.24) is 0 Å². The standard InChI is InChI=1S/C15H20O5/c1-8-9-6-7-14(2,18)10-4-5-11(16)20-15(10,3)12(9)19-13(8)17/h10,12,18H,4-7H2,1-3H3/t10-,12+,14+,15+/m0/s1. The second-order valence-corrected chi connectivity index (χ2v) is 6.54. The maximum Gasteiger partial charge on any atom is 0.334 e. The third kappa shape index (κ3) is 1.72. The Morgan fingerprint density at radius 1 is 1.25 bits per heavy atom. The summed E-state index contributed by atoms with van der Waals surface area (Å²) in [7, 11) is 0. The fourth-order valence-corrected chi connectivity index (χ4v) is 4.02. The van der Waals surface area contributed by atoms with Gasteiger partial charge in [-0.15, -0.1) is 0 Å². The molecule has 5 nitrogen and oxygen atoms in total. The summed E-state index contributed by atoms with van der Waals surface area (Å²) in [6, 6.07) is 0. The highest BCUT2D eigenvalue weighted by molar-refractivity contribution is 5.92. The van der Waals surface area contributed by atoms with Gasteiger partial charge in [0, 0.05) is 17.9 Å². The van der Waals surface area contributed by atoms with E-state index in [1.807, 2.05) is 0 Å². The van der Waals surface area contributed by atoms with Crippen LogP contribution in [0.15, 0.2) is 11.1 Å². The van der Waals surface area contributed by atoms with Gasteiger partial charge >= 0.3 is 11.9 Å². The lowest BCUT2D eigenvalue weighted by molar-refractivity contribution is -0.211. The van der Waals surface area contributed by atoms with Crippen molar-refractivity contribution in [2.45, 2.75) is 63.8 Å². The van der Waals surface area contributed by atoms with Crippen LogP contribution in [-0.4, -0.2) is 34.4 Å². The molecule has 3 rings (SSSR count). The molecule has 110 valence electrons. The Balaban J connectivity index is 2.11. The van der Waals surface area contributed by atoms with E-state index >= 15 is 0 Å². The predicted molar refractivity (Wildman–Crippen MR) is 69.7 cm³/mol. The van der Waals surface area contributed by atoms with Crippen LogP contribution in [-0.2, 0) is 19.1 Å². The zero-order valence-corrected chi connectivity index (χ0v) is 12.1. The summed E-state index contributed by atoms with van der Waals surface area (Å²) in [6.45, 7) is 5.31. The molecule has 5 heteroatoms. The SMILES string of the molecule is CC1=C2CC[C@@](C)(O)[C@@H]3CCC(=O)O[C@@]3(C)[C@@H]2OC1=O. The molecular formula is C15H20O5. The van der Waals surface area contributed by atoms with E-state index in [0.29, 0.717) is 31.3 Å². The molecule has 2 aliphatic heterocycles. The Kier molecular flexibility index (Phi) is 2.77. The average molecular weight is 280 g/mol. The monoisotopic (exact) mass is 280 g/mol. The molecule has 0 aromatic carbocycles. The van der Waals surface area contributed by atoms with Gasteiger partial charge < -0.3 is 14.6 Å². The van der Waals surface area contributed by atoms with Crippen LogP contribution >= 0.6 is 0 Å². The van der Waals surface area contributed by atoms with Crippen LogP contribution in [0.4, 0.5) is 0 Å². The molecule has 0 aromatic heterocycles. The van der Waals surface area contributed by atoms with E-state index in [4.69, 9.17) is 9.47 Å². The number of fused-ring (bicyclic) bond motifs is 3. The van der Waals surface area contributed by atoms with Crippen molar-refractivity contribution >= 4 is 11.9 Å². The topological polar surface area (TPSA) is 72.8 Å². The van der Waals surface area contributed by atoms with Gasteiger partial charge in [0.25, 0.3) is 0 Å². The molecule has 4 atom stereocenters. The minimum Gasteiger partial charge on any atom is -0.455 e. The van der Waals surface area contributed by atoms with E-state index in [2.05, 4.69) is 0 Å². The van der Waals surface area contributed by atoms with Crippen molar-refractivity contribution in [2.24, 2.45) is 5.92 Å². The van der Waals surface area contributed by atoms with E-state index in [9.17, 15) is 14.7 Å². The van der Waals surface area contributed by atoms with Crippen LogP contribution in [0.1, 0.15) is 46.5 Å². The molecule has 2 fully saturated rings. The number of ether oxygens (including phenoxy) is 2. The molecule has 1 N–H and O–H groups in total. The summed E-state index contributed by atoms with van der Waals surface area (Å²) in [5.41, 5.74) is -0.443. The Bertz CT molecular complexity index is 518. The first kappa shape index (κ1) is 13.6. The van der Waals surface area contributed by atoms with Crippen molar-refractivity contribution in [2.75, 3.05) is 0 Å². The molecule has 0 unspecified atom stereocenters.